The third-order valence-electron chi connectivity index (χ3n) is 6.80. The summed E-state index contributed by atoms with van der Waals surface area (Å²) in [5, 5.41) is 2.81. The van der Waals surface area contributed by atoms with Gasteiger partial charge in [0.25, 0.3) is 15.9 Å². The second kappa shape index (κ2) is 15.5. The van der Waals surface area contributed by atoms with E-state index in [0.29, 0.717) is 5.75 Å². The van der Waals surface area contributed by atoms with Crippen LogP contribution < -0.4 is 19.5 Å². The van der Waals surface area contributed by atoms with Gasteiger partial charge in [-0.15, -0.1) is 6.58 Å². The van der Waals surface area contributed by atoms with Crippen molar-refractivity contribution in [2.75, 3.05) is 25.0 Å². The molecule has 0 bridgehead atoms. The van der Waals surface area contributed by atoms with E-state index in [-0.39, 0.29) is 41.7 Å². The largest absolute Gasteiger partial charge is 0.497 e. The first-order chi connectivity index (χ1) is 21.7. The number of anilines is 1. The molecule has 0 radical (unpaired) electrons. The van der Waals surface area contributed by atoms with Crippen LogP contribution >= 0.6 is 0 Å². The lowest BCUT2D eigenvalue weighted by molar-refractivity contribution is -0.142. The Labute approximate surface area is 262 Å². The highest BCUT2D eigenvalue weighted by atomic mass is 32.2. The molecule has 234 valence electrons. The number of sulfonamides is 1. The molecule has 1 atom stereocenters. The molecule has 0 heterocycles. The number of hydrogen-bond donors (Lipinski definition) is 2. The molecular formula is C34H34FN3O6S. The van der Waals surface area contributed by atoms with Crippen LogP contribution in [0.4, 0.5) is 10.1 Å². The van der Waals surface area contributed by atoms with Crippen LogP contribution in [0.1, 0.15) is 11.1 Å². The molecule has 11 heteroatoms. The van der Waals surface area contributed by atoms with Gasteiger partial charge in [-0.1, -0.05) is 48.5 Å². The number of amides is 2. The summed E-state index contributed by atoms with van der Waals surface area (Å²) in [6.07, 6.45) is 1.83. The van der Waals surface area contributed by atoms with E-state index in [1.54, 1.807) is 25.3 Å². The van der Waals surface area contributed by atoms with Gasteiger partial charge in [-0.05, 0) is 71.8 Å². The number of nitrogens with one attached hydrogen (secondary N) is 2. The number of hydrogen-bond acceptors (Lipinski definition) is 6. The van der Waals surface area contributed by atoms with Crippen LogP contribution in [0.5, 0.6) is 11.5 Å². The number of halogens is 1. The van der Waals surface area contributed by atoms with E-state index in [1.807, 2.05) is 42.5 Å². The summed E-state index contributed by atoms with van der Waals surface area (Å²) in [4.78, 5) is 28.6. The van der Waals surface area contributed by atoms with Crippen molar-refractivity contribution >= 4 is 27.5 Å². The first-order valence-electron chi connectivity index (χ1n) is 14.0. The van der Waals surface area contributed by atoms with Gasteiger partial charge in [-0.2, -0.15) is 0 Å². The average Bonchev–Trinajstić information content (AvgIpc) is 3.06. The molecule has 4 aromatic carbocycles. The molecule has 9 nitrogen and oxygen atoms in total. The van der Waals surface area contributed by atoms with E-state index in [2.05, 4.69) is 16.6 Å². The quantitative estimate of drug-likeness (QED) is 0.180. The standard InChI is InChI=1S/C34H34FN3O6S/c1-3-21-36-34(40)32(22-25-7-5-4-6-8-25)38(23-26-9-15-29(43-2)16-10-26)33(39)24-44-30-17-19-31(20-18-30)45(41,42)37-28-13-11-27(35)12-14-28/h3-20,32,37H,1,21-24H2,2H3,(H,36,40)/t32-/m0/s1. The second-order valence-corrected chi connectivity index (χ2v) is 11.7. The number of benzene rings is 4. The van der Waals surface area contributed by atoms with Gasteiger partial charge in [-0.25, -0.2) is 12.8 Å². The normalized spacial score (nSPS) is 11.6. The lowest BCUT2D eigenvalue weighted by atomic mass is 10.0. The Bertz CT molecular complexity index is 1680. The average molecular weight is 632 g/mol. The molecule has 0 fully saturated rings. The van der Waals surface area contributed by atoms with Gasteiger partial charge in [0, 0.05) is 25.2 Å². The fraction of sp³-hybridized carbons (Fsp3) is 0.176. The zero-order chi connectivity index (χ0) is 32.2. The first-order valence-corrected chi connectivity index (χ1v) is 15.5. The van der Waals surface area contributed by atoms with E-state index in [4.69, 9.17) is 9.47 Å². The predicted molar refractivity (Wildman–Crippen MR) is 170 cm³/mol. The summed E-state index contributed by atoms with van der Waals surface area (Å²) in [5.74, 6) is -0.369. The molecule has 2 amide bonds. The number of carbonyl (C=O) groups is 2. The molecular weight excluding hydrogens is 597 g/mol. The van der Waals surface area contributed by atoms with Crippen LogP contribution in [0.15, 0.2) is 121 Å². The molecule has 2 N–H and O–H groups in total. The van der Waals surface area contributed by atoms with Crippen LogP contribution in [0, 0.1) is 5.82 Å². The Hall–Kier alpha value is -5.16. The van der Waals surface area contributed by atoms with Crippen molar-refractivity contribution in [1.29, 1.82) is 0 Å². The summed E-state index contributed by atoms with van der Waals surface area (Å²) in [5.41, 5.74) is 1.86. The minimum Gasteiger partial charge on any atom is -0.497 e. The summed E-state index contributed by atoms with van der Waals surface area (Å²) in [6.45, 7) is 3.61. The number of nitrogens with zero attached hydrogens (tertiary/aromatic N) is 1. The van der Waals surface area contributed by atoms with Gasteiger partial charge in [0.15, 0.2) is 6.61 Å². The maximum Gasteiger partial charge on any atom is 0.261 e. The van der Waals surface area contributed by atoms with Gasteiger partial charge in [0.1, 0.15) is 23.4 Å². The maximum atomic E-state index is 13.8. The molecule has 4 aromatic rings. The van der Waals surface area contributed by atoms with E-state index in [9.17, 15) is 22.4 Å². The van der Waals surface area contributed by atoms with Crippen LogP contribution in [0.25, 0.3) is 0 Å². The van der Waals surface area contributed by atoms with Crippen LogP contribution in [0.3, 0.4) is 0 Å². The number of rotatable bonds is 15. The van der Waals surface area contributed by atoms with E-state index in [0.717, 1.165) is 23.3 Å². The SMILES string of the molecule is C=CCNC(=O)[C@H](Cc1ccccc1)N(Cc1ccc(OC)cc1)C(=O)COc1ccc(S(=O)(=O)Nc2ccc(F)cc2)cc1. The Morgan fingerprint density at radius 2 is 1.53 bits per heavy atom. The lowest BCUT2D eigenvalue weighted by Gasteiger charge is -2.31. The minimum absolute atomic E-state index is 0.0477. The Balaban J connectivity index is 1.53. The van der Waals surface area contributed by atoms with E-state index in [1.165, 1.54) is 41.3 Å². The Morgan fingerprint density at radius 3 is 2.16 bits per heavy atom. The highest BCUT2D eigenvalue weighted by Crippen LogP contribution is 2.21. The van der Waals surface area contributed by atoms with Crippen molar-refractivity contribution in [2.24, 2.45) is 0 Å². The molecule has 0 saturated carbocycles. The summed E-state index contributed by atoms with van der Waals surface area (Å²) in [7, 11) is -2.39. The highest BCUT2D eigenvalue weighted by molar-refractivity contribution is 7.92. The highest BCUT2D eigenvalue weighted by Gasteiger charge is 2.30. The fourth-order valence-corrected chi connectivity index (χ4v) is 5.51. The van der Waals surface area contributed by atoms with Crippen molar-refractivity contribution < 1.29 is 31.9 Å². The van der Waals surface area contributed by atoms with Gasteiger partial charge in [-0.3, -0.25) is 14.3 Å². The van der Waals surface area contributed by atoms with E-state index < -0.39 is 34.4 Å². The predicted octanol–water partition coefficient (Wildman–Crippen LogP) is 4.96. The van der Waals surface area contributed by atoms with Gasteiger partial charge < -0.3 is 19.7 Å². The van der Waals surface area contributed by atoms with Gasteiger partial charge >= 0.3 is 0 Å². The summed E-state index contributed by atoms with van der Waals surface area (Å²) >= 11 is 0. The summed E-state index contributed by atoms with van der Waals surface area (Å²) < 4.78 is 52.1. The minimum atomic E-state index is -3.95. The zero-order valence-electron chi connectivity index (χ0n) is 24.7. The molecule has 0 spiro atoms. The van der Waals surface area contributed by atoms with Crippen LogP contribution in [0.2, 0.25) is 0 Å². The summed E-state index contributed by atoms with van der Waals surface area (Å²) in [6, 6.07) is 26.2. The molecule has 45 heavy (non-hydrogen) atoms. The van der Waals surface area contributed by atoms with Crippen LogP contribution in [-0.2, 0) is 32.6 Å². The first kappa shape index (κ1) is 32.7. The zero-order valence-corrected chi connectivity index (χ0v) is 25.5. The molecule has 0 saturated heterocycles. The molecule has 0 aliphatic carbocycles. The van der Waals surface area contributed by atoms with Crippen molar-refractivity contribution in [3.8, 4) is 11.5 Å². The van der Waals surface area contributed by atoms with Crippen molar-refractivity contribution in [3.05, 3.63) is 133 Å². The Kier molecular flexibility index (Phi) is 11.3. The number of carbonyl (C=O) groups excluding carboxylic acids is 2. The lowest BCUT2D eigenvalue weighted by Crippen LogP contribution is -2.51. The molecule has 4 rings (SSSR count). The number of ether oxygens (including phenoxy) is 2. The molecule has 0 aliphatic rings. The van der Waals surface area contributed by atoms with Gasteiger partial charge in [0.2, 0.25) is 5.91 Å². The monoisotopic (exact) mass is 631 g/mol. The third-order valence-corrected chi connectivity index (χ3v) is 8.19. The van der Waals surface area contributed by atoms with Gasteiger partial charge in [0.05, 0.1) is 12.0 Å². The van der Waals surface area contributed by atoms with Crippen molar-refractivity contribution in [1.82, 2.24) is 10.2 Å². The number of methoxy groups -OCH3 is 1. The van der Waals surface area contributed by atoms with E-state index >= 15 is 0 Å². The maximum absolute atomic E-state index is 13.8. The van der Waals surface area contributed by atoms with Crippen molar-refractivity contribution in [3.63, 3.8) is 0 Å². The molecule has 0 aliphatic heterocycles. The van der Waals surface area contributed by atoms with Crippen molar-refractivity contribution in [2.45, 2.75) is 23.9 Å². The molecule has 0 unspecified atom stereocenters. The smallest absolute Gasteiger partial charge is 0.261 e. The molecule has 0 aromatic heterocycles. The third kappa shape index (κ3) is 9.41. The Morgan fingerprint density at radius 1 is 0.889 bits per heavy atom. The fourth-order valence-electron chi connectivity index (χ4n) is 4.45. The second-order valence-electron chi connectivity index (χ2n) is 9.98. The topological polar surface area (TPSA) is 114 Å². The van der Waals surface area contributed by atoms with Crippen LogP contribution in [-0.4, -0.2) is 51.4 Å².